The lowest BCUT2D eigenvalue weighted by Gasteiger charge is -2.07. The molecular formula is C8H13N3. The van der Waals surface area contributed by atoms with Crippen molar-refractivity contribution in [3.05, 3.63) is 29.6 Å². The Morgan fingerprint density at radius 2 is 2.36 bits per heavy atom. The van der Waals surface area contributed by atoms with E-state index >= 15 is 0 Å². The third kappa shape index (κ3) is 2.00. The zero-order chi connectivity index (χ0) is 8.27. The molecule has 1 rings (SSSR count). The van der Waals surface area contributed by atoms with Gasteiger partial charge < -0.3 is 11.5 Å². The molecule has 0 fully saturated rings. The van der Waals surface area contributed by atoms with E-state index in [4.69, 9.17) is 11.5 Å². The lowest BCUT2D eigenvalue weighted by Crippen LogP contribution is -2.21. The molecule has 0 aliphatic carbocycles. The highest BCUT2D eigenvalue weighted by atomic mass is 14.8. The minimum Gasteiger partial charge on any atom is -0.329 e. The molecule has 1 heterocycles. The highest BCUT2D eigenvalue weighted by molar-refractivity contribution is 5.16. The Kier molecular flexibility index (Phi) is 2.57. The molecule has 4 N–H and O–H groups in total. The average Bonchev–Trinajstić information content (AvgIpc) is 2.03. The Morgan fingerprint density at radius 3 is 2.91 bits per heavy atom. The first-order valence-corrected chi connectivity index (χ1v) is 3.62. The normalized spacial score (nSPS) is 13.0. The van der Waals surface area contributed by atoms with Crippen LogP contribution in [0.5, 0.6) is 0 Å². The molecule has 0 bridgehead atoms. The van der Waals surface area contributed by atoms with Crippen LogP contribution < -0.4 is 11.5 Å². The molecule has 0 saturated carbocycles. The van der Waals surface area contributed by atoms with Crippen molar-refractivity contribution in [1.29, 1.82) is 0 Å². The first kappa shape index (κ1) is 8.17. The van der Waals surface area contributed by atoms with E-state index in [1.165, 1.54) is 5.56 Å². The maximum atomic E-state index is 5.68. The van der Waals surface area contributed by atoms with Gasteiger partial charge in [-0.15, -0.1) is 0 Å². The predicted octanol–water partition coefficient (Wildman–Crippen LogP) is 0.349. The molecule has 0 unspecified atom stereocenters. The Hall–Kier alpha value is -0.930. The van der Waals surface area contributed by atoms with Gasteiger partial charge in [-0.3, -0.25) is 4.98 Å². The molecule has 3 heteroatoms. The molecule has 0 saturated heterocycles. The van der Waals surface area contributed by atoms with Gasteiger partial charge in [0, 0.05) is 12.7 Å². The van der Waals surface area contributed by atoms with Gasteiger partial charge in [0.15, 0.2) is 0 Å². The molecule has 0 aliphatic heterocycles. The van der Waals surface area contributed by atoms with Gasteiger partial charge in [-0.1, -0.05) is 0 Å². The third-order valence-corrected chi connectivity index (χ3v) is 1.57. The number of rotatable bonds is 2. The number of hydrogen-bond acceptors (Lipinski definition) is 3. The van der Waals surface area contributed by atoms with Gasteiger partial charge in [0.2, 0.25) is 0 Å². The molecule has 3 nitrogen and oxygen atoms in total. The van der Waals surface area contributed by atoms with Crippen molar-refractivity contribution in [3.8, 4) is 0 Å². The summed E-state index contributed by atoms with van der Waals surface area (Å²) in [4.78, 5) is 4.11. The summed E-state index contributed by atoms with van der Waals surface area (Å²) in [6.45, 7) is 2.45. The lowest BCUT2D eigenvalue weighted by molar-refractivity contribution is 0.710. The van der Waals surface area contributed by atoms with Crippen LogP contribution in [0, 0.1) is 6.92 Å². The molecule has 1 atom stereocenters. The quantitative estimate of drug-likeness (QED) is 0.641. The topological polar surface area (TPSA) is 64.9 Å². The minimum absolute atomic E-state index is 0.130. The second-order valence-corrected chi connectivity index (χ2v) is 2.60. The molecule has 0 aromatic carbocycles. The Balaban J connectivity index is 2.86. The second-order valence-electron chi connectivity index (χ2n) is 2.60. The minimum atomic E-state index is -0.130. The monoisotopic (exact) mass is 151 g/mol. The summed E-state index contributed by atoms with van der Waals surface area (Å²) in [5, 5.41) is 0. The van der Waals surface area contributed by atoms with E-state index in [1.807, 2.05) is 19.1 Å². The van der Waals surface area contributed by atoms with Crippen LogP contribution >= 0.6 is 0 Å². The molecule has 0 aliphatic rings. The van der Waals surface area contributed by atoms with Crippen molar-refractivity contribution in [2.45, 2.75) is 13.0 Å². The van der Waals surface area contributed by atoms with Crippen molar-refractivity contribution in [1.82, 2.24) is 4.98 Å². The van der Waals surface area contributed by atoms with Crippen molar-refractivity contribution in [3.63, 3.8) is 0 Å². The highest BCUT2D eigenvalue weighted by Crippen LogP contribution is 2.06. The summed E-state index contributed by atoms with van der Waals surface area (Å²) in [6, 6.07) is 3.76. The van der Waals surface area contributed by atoms with Crippen molar-refractivity contribution in [2.24, 2.45) is 11.5 Å². The van der Waals surface area contributed by atoms with Gasteiger partial charge in [-0.2, -0.15) is 0 Å². The van der Waals surface area contributed by atoms with E-state index in [0.717, 1.165) is 5.69 Å². The standard InChI is InChI=1S/C8H13N3/c1-6-2-3-11-8(4-6)7(10)5-9/h2-4,7H,5,9-10H2,1H3/t7-/m1/s1. The number of aryl methyl sites for hydroxylation is 1. The van der Waals surface area contributed by atoms with E-state index in [2.05, 4.69) is 4.98 Å². The summed E-state index contributed by atoms with van der Waals surface area (Å²) in [7, 11) is 0. The molecule has 0 radical (unpaired) electrons. The maximum absolute atomic E-state index is 5.68. The molecule has 60 valence electrons. The predicted molar refractivity (Wildman–Crippen MR) is 45.0 cm³/mol. The fraction of sp³-hybridized carbons (Fsp3) is 0.375. The van der Waals surface area contributed by atoms with Crippen LogP contribution in [0.25, 0.3) is 0 Å². The van der Waals surface area contributed by atoms with E-state index in [0.29, 0.717) is 6.54 Å². The SMILES string of the molecule is Cc1ccnc([C@H](N)CN)c1. The number of pyridine rings is 1. The van der Waals surface area contributed by atoms with E-state index < -0.39 is 0 Å². The van der Waals surface area contributed by atoms with E-state index in [9.17, 15) is 0 Å². The summed E-state index contributed by atoms with van der Waals surface area (Å²) < 4.78 is 0. The number of nitrogens with two attached hydrogens (primary N) is 2. The number of aromatic nitrogens is 1. The summed E-state index contributed by atoms with van der Waals surface area (Å²) in [6.07, 6.45) is 1.75. The van der Waals surface area contributed by atoms with Gasteiger partial charge in [0.1, 0.15) is 0 Å². The fourth-order valence-corrected chi connectivity index (χ4v) is 0.883. The van der Waals surface area contributed by atoms with Crippen molar-refractivity contribution in [2.75, 3.05) is 6.54 Å². The number of nitrogens with zero attached hydrogens (tertiary/aromatic N) is 1. The van der Waals surface area contributed by atoms with Crippen LogP contribution in [0.1, 0.15) is 17.3 Å². The fourth-order valence-electron chi connectivity index (χ4n) is 0.883. The number of hydrogen-bond donors (Lipinski definition) is 2. The van der Waals surface area contributed by atoms with Crippen LogP contribution in [0.15, 0.2) is 18.3 Å². The van der Waals surface area contributed by atoms with E-state index in [1.54, 1.807) is 6.20 Å². The highest BCUT2D eigenvalue weighted by Gasteiger charge is 2.03. The van der Waals surface area contributed by atoms with Crippen LogP contribution in [-0.4, -0.2) is 11.5 Å². The smallest absolute Gasteiger partial charge is 0.0594 e. The third-order valence-electron chi connectivity index (χ3n) is 1.57. The molecule has 1 aromatic heterocycles. The lowest BCUT2D eigenvalue weighted by atomic mass is 10.1. The first-order chi connectivity index (χ1) is 5.24. The summed E-state index contributed by atoms with van der Waals surface area (Å²) in [5.41, 5.74) is 13.1. The van der Waals surface area contributed by atoms with Crippen LogP contribution in [0.2, 0.25) is 0 Å². The Labute approximate surface area is 66.4 Å². The Bertz CT molecular complexity index is 235. The molecule has 1 aromatic rings. The Morgan fingerprint density at radius 1 is 1.64 bits per heavy atom. The van der Waals surface area contributed by atoms with Crippen molar-refractivity contribution < 1.29 is 0 Å². The molecule has 11 heavy (non-hydrogen) atoms. The summed E-state index contributed by atoms with van der Waals surface area (Å²) in [5.74, 6) is 0. The van der Waals surface area contributed by atoms with Gasteiger partial charge in [0.25, 0.3) is 0 Å². The second kappa shape index (κ2) is 3.46. The van der Waals surface area contributed by atoms with Crippen LogP contribution in [-0.2, 0) is 0 Å². The van der Waals surface area contributed by atoms with Gasteiger partial charge in [0.05, 0.1) is 11.7 Å². The zero-order valence-electron chi connectivity index (χ0n) is 6.62. The maximum Gasteiger partial charge on any atom is 0.0594 e. The van der Waals surface area contributed by atoms with Crippen LogP contribution in [0.3, 0.4) is 0 Å². The van der Waals surface area contributed by atoms with Gasteiger partial charge in [-0.25, -0.2) is 0 Å². The molecule has 0 amide bonds. The first-order valence-electron chi connectivity index (χ1n) is 3.62. The zero-order valence-corrected chi connectivity index (χ0v) is 6.62. The largest absolute Gasteiger partial charge is 0.329 e. The molecule has 0 spiro atoms. The van der Waals surface area contributed by atoms with Crippen molar-refractivity contribution >= 4 is 0 Å². The van der Waals surface area contributed by atoms with Gasteiger partial charge in [-0.05, 0) is 24.6 Å². The van der Waals surface area contributed by atoms with Crippen LogP contribution in [0.4, 0.5) is 0 Å². The van der Waals surface area contributed by atoms with Gasteiger partial charge >= 0.3 is 0 Å². The van der Waals surface area contributed by atoms with E-state index in [-0.39, 0.29) is 6.04 Å². The average molecular weight is 151 g/mol. The molecular weight excluding hydrogens is 138 g/mol. The summed E-state index contributed by atoms with van der Waals surface area (Å²) >= 11 is 0.